The van der Waals surface area contributed by atoms with Gasteiger partial charge in [-0.05, 0) is 30.5 Å². The Morgan fingerprint density at radius 1 is 1.16 bits per heavy atom. The number of benzene rings is 1. The molecule has 0 radical (unpaired) electrons. The number of hydrogen-bond acceptors (Lipinski definition) is 7. The molecule has 1 fully saturated rings. The van der Waals surface area contributed by atoms with Crippen molar-refractivity contribution in [3.05, 3.63) is 41.1 Å². The van der Waals surface area contributed by atoms with Gasteiger partial charge in [0.05, 0.1) is 37.9 Å². The Hall–Kier alpha value is -2.85. The van der Waals surface area contributed by atoms with Gasteiger partial charge < -0.3 is 19.1 Å². The Morgan fingerprint density at radius 3 is 2.32 bits per heavy atom. The Kier molecular flexibility index (Phi) is 4.47. The third-order valence-corrected chi connectivity index (χ3v) is 4.53. The molecule has 1 aromatic rings. The van der Waals surface area contributed by atoms with E-state index in [4.69, 9.17) is 14.2 Å². The minimum absolute atomic E-state index is 0.0246. The minimum Gasteiger partial charge on any atom is -0.466 e. The molecule has 0 saturated heterocycles. The summed E-state index contributed by atoms with van der Waals surface area (Å²) in [7, 11) is 2.50. The second-order valence-corrected chi connectivity index (χ2v) is 5.96. The Morgan fingerprint density at radius 2 is 1.80 bits per heavy atom. The van der Waals surface area contributed by atoms with Gasteiger partial charge in [0, 0.05) is 5.69 Å². The van der Waals surface area contributed by atoms with Crippen molar-refractivity contribution < 1.29 is 23.8 Å². The number of nitrogens with zero attached hydrogens (tertiary/aromatic N) is 2. The maximum Gasteiger partial charge on any atom is 0.355 e. The molecule has 1 aliphatic heterocycles. The lowest BCUT2D eigenvalue weighted by Gasteiger charge is -2.31. The number of rotatable bonds is 4. The van der Waals surface area contributed by atoms with Crippen molar-refractivity contribution >= 4 is 17.6 Å². The van der Waals surface area contributed by atoms with E-state index in [1.807, 2.05) is 12.1 Å². The first-order valence-electron chi connectivity index (χ1n) is 7.83. The molecule has 0 N–H and O–H groups in total. The highest BCUT2D eigenvalue weighted by Gasteiger charge is 2.44. The van der Waals surface area contributed by atoms with Crippen molar-refractivity contribution in [1.82, 2.24) is 0 Å². The van der Waals surface area contributed by atoms with Crippen LogP contribution in [0.3, 0.4) is 0 Å². The first-order valence-corrected chi connectivity index (χ1v) is 7.83. The van der Waals surface area contributed by atoms with E-state index >= 15 is 0 Å². The third-order valence-electron chi connectivity index (χ3n) is 4.53. The predicted molar refractivity (Wildman–Crippen MR) is 87.3 cm³/mol. The number of hydrogen-bond donors (Lipinski definition) is 0. The molecule has 7 nitrogen and oxygen atoms in total. The summed E-state index contributed by atoms with van der Waals surface area (Å²) in [6, 6.07) is 9.70. The van der Waals surface area contributed by atoms with Gasteiger partial charge in [-0.25, -0.2) is 9.59 Å². The lowest BCUT2D eigenvalue weighted by Crippen LogP contribution is -2.38. The second-order valence-electron chi connectivity index (χ2n) is 5.96. The summed E-state index contributed by atoms with van der Waals surface area (Å²) in [4.78, 5) is 25.8. The number of carbonyl (C=O) groups is 2. The van der Waals surface area contributed by atoms with Crippen LogP contribution in [0.4, 0.5) is 5.69 Å². The average molecular weight is 342 g/mol. The van der Waals surface area contributed by atoms with Crippen LogP contribution in [0.15, 0.2) is 35.5 Å². The van der Waals surface area contributed by atoms with Gasteiger partial charge in [0.2, 0.25) is 0 Å². The minimum atomic E-state index is -0.636. The molecular weight excluding hydrogens is 324 g/mol. The van der Waals surface area contributed by atoms with Crippen LogP contribution in [0.5, 0.6) is 0 Å². The quantitative estimate of drug-likeness (QED) is 0.768. The molecule has 0 atom stereocenters. The van der Waals surface area contributed by atoms with E-state index in [1.165, 1.54) is 14.2 Å². The van der Waals surface area contributed by atoms with Crippen molar-refractivity contribution in [3.63, 3.8) is 0 Å². The molecule has 25 heavy (non-hydrogen) atoms. The molecule has 0 bridgehead atoms. The maximum atomic E-state index is 12.2. The first-order chi connectivity index (χ1) is 12.1. The smallest absolute Gasteiger partial charge is 0.355 e. The van der Waals surface area contributed by atoms with Gasteiger partial charge >= 0.3 is 11.9 Å². The second kappa shape index (κ2) is 6.57. The molecule has 1 aliphatic carbocycles. The molecule has 1 heterocycles. The highest BCUT2D eigenvalue weighted by molar-refractivity contribution is 6.03. The SMILES string of the molecule is COC(=O)C1=C(C(=O)OC)N(c2ccc(C3(C#N)CC3)cc2)COC1. The Bertz CT molecular complexity index is 772. The van der Waals surface area contributed by atoms with Crippen LogP contribution in [0, 0.1) is 11.3 Å². The molecule has 1 saturated carbocycles. The standard InChI is InChI=1S/C18H18N2O5/c1-23-16(21)14-9-25-11-20(15(14)17(22)24-2)13-5-3-12(4-6-13)18(10-19)7-8-18/h3-6H,7-9,11H2,1-2H3. The summed E-state index contributed by atoms with van der Waals surface area (Å²) >= 11 is 0. The van der Waals surface area contributed by atoms with Crippen LogP contribution >= 0.6 is 0 Å². The van der Waals surface area contributed by atoms with Crippen molar-refractivity contribution in [2.45, 2.75) is 18.3 Å². The maximum absolute atomic E-state index is 12.2. The zero-order valence-corrected chi connectivity index (χ0v) is 14.1. The normalized spacial score (nSPS) is 18.4. The van der Waals surface area contributed by atoms with Gasteiger partial charge in [0.15, 0.2) is 0 Å². The molecule has 1 aromatic carbocycles. The van der Waals surface area contributed by atoms with Gasteiger partial charge in [-0.2, -0.15) is 5.26 Å². The van der Waals surface area contributed by atoms with Crippen molar-refractivity contribution in [2.24, 2.45) is 0 Å². The highest BCUT2D eigenvalue weighted by atomic mass is 16.5. The van der Waals surface area contributed by atoms with Crippen LogP contribution in [-0.4, -0.2) is 39.5 Å². The topological polar surface area (TPSA) is 88.9 Å². The summed E-state index contributed by atoms with van der Waals surface area (Å²) in [5.74, 6) is -1.27. The predicted octanol–water partition coefficient (Wildman–Crippen LogP) is 1.64. The van der Waals surface area contributed by atoms with E-state index in [0.29, 0.717) is 5.69 Å². The van der Waals surface area contributed by atoms with Crippen LogP contribution in [-0.2, 0) is 29.2 Å². The van der Waals surface area contributed by atoms with Crippen molar-refractivity contribution in [3.8, 4) is 6.07 Å². The summed E-state index contributed by atoms with van der Waals surface area (Å²) < 4.78 is 15.0. The van der Waals surface area contributed by atoms with Crippen LogP contribution in [0.25, 0.3) is 0 Å². The Labute approximate surface area is 145 Å². The lowest BCUT2D eigenvalue weighted by molar-refractivity contribution is -0.140. The lowest BCUT2D eigenvalue weighted by atomic mass is 9.97. The van der Waals surface area contributed by atoms with Crippen molar-refractivity contribution in [1.29, 1.82) is 5.26 Å². The van der Waals surface area contributed by atoms with Gasteiger partial charge in [-0.15, -0.1) is 0 Å². The van der Waals surface area contributed by atoms with E-state index in [9.17, 15) is 14.9 Å². The molecular formula is C18H18N2O5. The van der Waals surface area contributed by atoms with Crippen LogP contribution < -0.4 is 4.90 Å². The summed E-state index contributed by atoms with van der Waals surface area (Å²) in [5.41, 5.74) is 1.46. The summed E-state index contributed by atoms with van der Waals surface area (Å²) in [6.45, 7) is 0.0803. The molecule has 7 heteroatoms. The van der Waals surface area contributed by atoms with E-state index in [2.05, 4.69) is 6.07 Å². The monoisotopic (exact) mass is 342 g/mol. The number of anilines is 1. The third kappa shape index (κ3) is 2.96. The van der Waals surface area contributed by atoms with Gasteiger partial charge in [0.25, 0.3) is 0 Å². The fourth-order valence-corrected chi connectivity index (χ4v) is 2.90. The van der Waals surface area contributed by atoms with Gasteiger partial charge in [-0.1, -0.05) is 12.1 Å². The summed E-state index contributed by atoms with van der Waals surface area (Å²) in [6.07, 6.45) is 1.71. The van der Waals surface area contributed by atoms with E-state index in [0.717, 1.165) is 18.4 Å². The number of methoxy groups -OCH3 is 2. The van der Waals surface area contributed by atoms with E-state index in [-0.39, 0.29) is 30.0 Å². The molecule has 0 spiro atoms. The zero-order valence-electron chi connectivity index (χ0n) is 14.1. The summed E-state index contributed by atoms with van der Waals surface area (Å²) in [5, 5.41) is 9.30. The molecule has 0 aromatic heterocycles. The number of carbonyl (C=O) groups excluding carboxylic acids is 2. The first kappa shape index (κ1) is 17.0. The Balaban J connectivity index is 1.98. The molecule has 0 unspecified atom stereocenters. The average Bonchev–Trinajstić information content (AvgIpc) is 3.47. The molecule has 0 amide bonds. The van der Waals surface area contributed by atoms with E-state index < -0.39 is 11.9 Å². The largest absolute Gasteiger partial charge is 0.466 e. The van der Waals surface area contributed by atoms with Crippen molar-refractivity contribution in [2.75, 3.05) is 32.5 Å². The molecule has 2 aliphatic rings. The number of nitriles is 1. The fraction of sp³-hybridized carbons (Fsp3) is 0.389. The van der Waals surface area contributed by atoms with Crippen LogP contribution in [0.2, 0.25) is 0 Å². The van der Waals surface area contributed by atoms with E-state index in [1.54, 1.807) is 17.0 Å². The number of esters is 2. The fourth-order valence-electron chi connectivity index (χ4n) is 2.90. The zero-order chi connectivity index (χ0) is 18.0. The highest BCUT2D eigenvalue weighted by Crippen LogP contribution is 2.47. The molecule has 130 valence electrons. The molecule has 3 rings (SSSR count). The van der Waals surface area contributed by atoms with Gasteiger partial charge in [-0.3, -0.25) is 0 Å². The number of ether oxygens (including phenoxy) is 3. The van der Waals surface area contributed by atoms with Gasteiger partial charge in [0.1, 0.15) is 12.4 Å². The van der Waals surface area contributed by atoms with Crippen LogP contribution in [0.1, 0.15) is 18.4 Å².